The van der Waals surface area contributed by atoms with Gasteiger partial charge in [-0.2, -0.15) is 0 Å². The molecule has 0 saturated heterocycles. The zero-order valence-corrected chi connectivity index (χ0v) is 9.69. The molecule has 1 aromatic rings. The molecule has 9 heteroatoms. The zero-order valence-electron chi connectivity index (χ0n) is 8.93. The molecule has 1 rings (SSSR count). The standard InChI is InChI=1S/C9H9ClN4O4/c10-6-2-1-4(7(13-6)9(17)18)8(16)5(15)3-12-14-11/h1-2,5,8,15-16H,3H2,(H,17,18). The van der Waals surface area contributed by atoms with Gasteiger partial charge in [-0.1, -0.05) is 22.8 Å². The average molecular weight is 273 g/mol. The molecule has 0 saturated carbocycles. The highest BCUT2D eigenvalue weighted by atomic mass is 35.5. The van der Waals surface area contributed by atoms with Crippen LogP contribution in [-0.2, 0) is 0 Å². The summed E-state index contributed by atoms with van der Waals surface area (Å²) in [4.78, 5) is 16.9. The van der Waals surface area contributed by atoms with E-state index in [1.165, 1.54) is 12.1 Å². The van der Waals surface area contributed by atoms with Gasteiger partial charge in [-0.3, -0.25) is 0 Å². The molecular formula is C9H9ClN4O4. The fourth-order valence-corrected chi connectivity index (χ4v) is 1.43. The number of azide groups is 1. The third-order valence-electron chi connectivity index (χ3n) is 2.11. The smallest absolute Gasteiger partial charge is 0.354 e. The molecule has 18 heavy (non-hydrogen) atoms. The van der Waals surface area contributed by atoms with E-state index in [0.717, 1.165) is 0 Å². The Balaban J connectivity index is 3.08. The van der Waals surface area contributed by atoms with Crippen molar-refractivity contribution in [3.05, 3.63) is 39.0 Å². The van der Waals surface area contributed by atoms with Crippen molar-refractivity contribution < 1.29 is 20.1 Å². The van der Waals surface area contributed by atoms with E-state index in [1.54, 1.807) is 0 Å². The monoisotopic (exact) mass is 272 g/mol. The van der Waals surface area contributed by atoms with Crippen molar-refractivity contribution in [3.63, 3.8) is 0 Å². The molecule has 0 radical (unpaired) electrons. The first-order valence-electron chi connectivity index (χ1n) is 4.74. The van der Waals surface area contributed by atoms with Crippen LogP contribution in [0, 0.1) is 0 Å². The predicted octanol–water partition coefficient (Wildman–Crippen LogP) is 1.14. The van der Waals surface area contributed by atoms with E-state index < -0.39 is 23.9 Å². The van der Waals surface area contributed by atoms with Gasteiger partial charge in [0.05, 0.1) is 12.6 Å². The summed E-state index contributed by atoms with van der Waals surface area (Å²) in [6, 6.07) is 2.52. The Labute approximate surface area is 106 Å². The number of nitrogens with zero attached hydrogens (tertiary/aromatic N) is 4. The van der Waals surface area contributed by atoms with Crippen molar-refractivity contribution in [2.24, 2.45) is 5.11 Å². The molecular weight excluding hydrogens is 264 g/mol. The number of carbonyl (C=O) groups is 1. The van der Waals surface area contributed by atoms with Crippen molar-refractivity contribution in [1.82, 2.24) is 4.98 Å². The van der Waals surface area contributed by atoms with E-state index in [4.69, 9.17) is 22.2 Å². The molecule has 2 atom stereocenters. The lowest BCUT2D eigenvalue weighted by molar-refractivity contribution is 0.0229. The van der Waals surface area contributed by atoms with Crippen molar-refractivity contribution >= 4 is 17.6 Å². The fourth-order valence-electron chi connectivity index (χ4n) is 1.28. The molecule has 0 bridgehead atoms. The highest BCUT2D eigenvalue weighted by Gasteiger charge is 2.24. The van der Waals surface area contributed by atoms with Crippen LogP contribution >= 0.6 is 11.6 Å². The molecule has 0 aromatic carbocycles. The van der Waals surface area contributed by atoms with E-state index in [-0.39, 0.29) is 17.3 Å². The molecule has 2 unspecified atom stereocenters. The number of aliphatic hydroxyl groups is 2. The maximum atomic E-state index is 10.9. The van der Waals surface area contributed by atoms with Gasteiger partial charge in [0.25, 0.3) is 0 Å². The number of aliphatic hydroxyl groups excluding tert-OH is 2. The minimum absolute atomic E-state index is 0.0483. The fraction of sp³-hybridized carbons (Fsp3) is 0.333. The molecule has 1 aromatic heterocycles. The van der Waals surface area contributed by atoms with Crippen molar-refractivity contribution in [3.8, 4) is 0 Å². The van der Waals surface area contributed by atoms with Gasteiger partial charge in [-0.25, -0.2) is 9.78 Å². The summed E-state index contributed by atoms with van der Waals surface area (Å²) in [6.07, 6.45) is -2.96. The Morgan fingerprint density at radius 3 is 2.78 bits per heavy atom. The number of rotatable bonds is 5. The predicted molar refractivity (Wildman–Crippen MR) is 61.2 cm³/mol. The highest BCUT2D eigenvalue weighted by Crippen LogP contribution is 2.22. The number of aromatic nitrogens is 1. The van der Waals surface area contributed by atoms with Crippen LogP contribution in [-0.4, -0.2) is 38.9 Å². The Kier molecular flexibility index (Phi) is 4.87. The molecule has 96 valence electrons. The number of hydrogen-bond donors (Lipinski definition) is 3. The summed E-state index contributed by atoms with van der Waals surface area (Å²) in [5, 5.41) is 31.2. The van der Waals surface area contributed by atoms with Crippen LogP contribution in [0.5, 0.6) is 0 Å². The van der Waals surface area contributed by atoms with Gasteiger partial charge in [0, 0.05) is 10.5 Å². The second-order valence-electron chi connectivity index (χ2n) is 3.30. The molecule has 0 aliphatic rings. The van der Waals surface area contributed by atoms with Crippen LogP contribution in [0.4, 0.5) is 0 Å². The van der Waals surface area contributed by atoms with E-state index in [9.17, 15) is 15.0 Å². The van der Waals surface area contributed by atoms with E-state index in [1.807, 2.05) is 0 Å². The first kappa shape index (κ1) is 14.2. The number of carboxylic acid groups (broad SMARTS) is 1. The summed E-state index contributed by atoms with van der Waals surface area (Å²) < 4.78 is 0. The summed E-state index contributed by atoms with van der Waals surface area (Å²) >= 11 is 5.54. The Morgan fingerprint density at radius 1 is 1.56 bits per heavy atom. The second kappa shape index (κ2) is 6.18. The SMILES string of the molecule is [N-]=[N+]=NCC(O)C(O)c1ccc(Cl)nc1C(=O)O. The Morgan fingerprint density at radius 2 is 2.22 bits per heavy atom. The van der Waals surface area contributed by atoms with Gasteiger partial charge in [0.15, 0.2) is 5.69 Å². The summed E-state index contributed by atoms with van der Waals surface area (Å²) in [5.41, 5.74) is 7.52. The van der Waals surface area contributed by atoms with Gasteiger partial charge < -0.3 is 15.3 Å². The maximum Gasteiger partial charge on any atom is 0.354 e. The van der Waals surface area contributed by atoms with Crippen molar-refractivity contribution in [1.29, 1.82) is 0 Å². The molecule has 1 heterocycles. The number of pyridine rings is 1. The third-order valence-corrected chi connectivity index (χ3v) is 2.32. The molecule has 0 aliphatic heterocycles. The first-order valence-corrected chi connectivity index (χ1v) is 5.12. The quantitative estimate of drug-likeness (QED) is 0.319. The maximum absolute atomic E-state index is 10.9. The molecule has 0 aliphatic carbocycles. The topological polar surface area (TPSA) is 139 Å². The molecule has 3 N–H and O–H groups in total. The van der Waals surface area contributed by atoms with E-state index >= 15 is 0 Å². The second-order valence-corrected chi connectivity index (χ2v) is 3.69. The van der Waals surface area contributed by atoms with Gasteiger partial charge >= 0.3 is 5.97 Å². The van der Waals surface area contributed by atoms with Crippen LogP contribution in [0.25, 0.3) is 10.4 Å². The molecule has 0 spiro atoms. The van der Waals surface area contributed by atoms with Crippen LogP contribution < -0.4 is 0 Å². The number of aromatic carboxylic acids is 1. The van der Waals surface area contributed by atoms with E-state index in [2.05, 4.69) is 15.0 Å². The highest BCUT2D eigenvalue weighted by molar-refractivity contribution is 6.29. The lowest BCUT2D eigenvalue weighted by Gasteiger charge is -2.17. The van der Waals surface area contributed by atoms with Crippen LogP contribution in [0.15, 0.2) is 17.2 Å². The normalized spacial score (nSPS) is 13.5. The Hall–Kier alpha value is -1.86. The van der Waals surface area contributed by atoms with Crippen LogP contribution in [0.2, 0.25) is 5.15 Å². The summed E-state index contributed by atoms with van der Waals surface area (Å²) in [6.45, 7) is -0.390. The minimum atomic E-state index is -1.54. The lowest BCUT2D eigenvalue weighted by atomic mass is 10.0. The number of halogens is 1. The lowest BCUT2D eigenvalue weighted by Crippen LogP contribution is -2.23. The summed E-state index contributed by atoms with van der Waals surface area (Å²) in [7, 11) is 0. The van der Waals surface area contributed by atoms with Gasteiger partial charge in [0.1, 0.15) is 11.3 Å². The third kappa shape index (κ3) is 3.31. The minimum Gasteiger partial charge on any atom is -0.476 e. The number of carboxylic acids is 1. The molecule has 8 nitrogen and oxygen atoms in total. The number of hydrogen-bond acceptors (Lipinski definition) is 5. The van der Waals surface area contributed by atoms with Crippen molar-refractivity contribution in [2.75, 3.05) is 6.54 Å². The van der Waals surface area contributed by atoms with Crippen LogP contribution in [0.1, 0.15) is 22.2 Å². The van der Waals surface area contributed by atoms with Gasteiger partial charge in [-0.15, -0.1) is 0 Å². The first-order chi connectivity index (χ1) is 8.47. The molecule has 0 fully saturated rings. The van der Waals surface area contributed by atoms with Crippen molar-refractivity contribution in [2.45, 2.75) is 12.2 Å². The Bertz CT molecular complexity index is 503. The largest absolute Gasteiger partial charge is 0.476 e. The molecule has 0 amide bonds. The van der Waals surface area contributed by atoms with Gasteiger partial charge in [0.2, 0.25) is 0 Å². The zero-order chi connectivity index (χ0) is 13.7. The van der Waals surface area contributed by atoms with E-state index in [0.29, 0.717) is 0 Å². The average Bonchev–Trinajstić information content (AvgIpc) is 2.34. The summed E-state index contributed by atoms with van der Waals surface area (Å²) in [5.74, 6) is -1.39. The van der Waals surface area contributed by atoms with Gasteiger partial charge in [-0.05, 0) is 11.6 Å². The van der Waals surface area contributed by atoms with Crippen LogP contribution in [0.3, 0.4) is 0 Å².